The molecule has 2 bridgehead atoms. The van der Waals surface area contributed by atoms with Crippen LogP contribution in [0.15, 0.2) is 0 Å². The molecule has 2 saturated carbocycles. The van der Waals surface area contributed by atoms with E-state index < -0.39 is 0 Å². The number of nitrogens with one attached hydrogen (secondary N) is 1. The average molecular weight is 153 g/mol. The van der Waals surface area contributed by atoms with Gasteiger partial charge in [-0.3, -0.25) is 4.79 Å². The van der Waals surface area contributed by atoms with E-state index in [0.29, 0.717) is 6.04 Å². The van der Waals surface area contributed by atoms with E-state index >= 15 is 0 Å². The van der Waals surface area contributed by atoms with Crippen molar-refractivity contribution in [1.29, 1.82) is 0 Å². The second kappa shape index (κ2) is 2.50. The molecular weight excluding hydrogens is 138 g/mol. The summed E-state index contributed by atoms with van der Waals surface area (Å²) in [5, 5.41) is 3.03. The van der Waals surface area contributed by atoms with Gasteiger partial charge < -0.3 is 5.32 Å². The summed E-state index contributed by atoms with van der Waals surface area (Å²) in [6.07, 6.45) is 5.35. The molecule has 0 spiro atoms. The van der Waals surface area contributed by atoms with Crippen molar-refractivity contribution in [1.82, 2.24) is 5.32 Å². The zero-order chi connectivity index (χ0) is 7.84. The summed E-state index contributed by atoms with van der Waals surface area (Å²) in [6, 6.07) is 0.520. The Morgan fingerprint density at radius 1 is 1.36 bits per heavy atom. The lowest BCUT2D eigenvalue weighted by molar-refractivity contribution is -0.120. The minimum atomic E-state index is 0.141. The molecule has 2 rings (SSSR count). The highest BCUT2D eigenvalue weighted by Gasteiger charge is 2.39. The second-order valence-corrected chi connectivity index (χ2v) is 3.98. The molecule has 2 aliphatic rings. The van der Waals surface area contributed by atoms with Gasteiger partial charge in [0.2, 0.25) is 5.91 Å². The molecule has 0 aromatic carbocycles. The van der Waals surface area contributed by atoms with Crippen LogP contribution in [0.4, 0.5) is 0 Å². The van der Waals surface area contributed by atoms with Crippen molar-refractivity contribution in [2.45, 2.75) is 38.6 Å². The van der Waals surface area contributed by atoms with Crippen molar-refractivity contribution in [2.75, 3.05) is 0 Å². The molecule has 11 heavy (non-hydrogen) atoms. The third-order valence-corrected chi connectivity index (χ3v) is 3.13. The minimum absolute atomic E-state index is 0.141. The Hall–Kier alpha value is -0.530. The third-order valence-electron chi connectivity index (χ3n) is 3.13. The number of fused-ring (bicyclic) bond motifs is 2. The van der Waals surface area contributed by atoms with Crippen LogP contribution in [0.3, 0.4) is 0 Å². The van der Waals surface area contributed by atoms with Crippen LogP contribution in [-0.4, -0.2) is 11.9 Å². The molecule has 2 unspecified atom stereocenters. The lowest BCUT2D eigenvalue weighted by atomic mass is 9.95. The summed E-state index contributed by atoms with van der Waals surface area (Å²) in [6.45, 7) is 1.62. The number of amides is 1. The van der Waals surface area contributed by atoms with Gasteiger partial charge in [-0.15, -0.1) is 0 Å². The third kappa shape index (κ3) is 1.26. The van der Waals surface area contributed by atoms with Crippen LogP contribution in [0.1, 0.15) is 32.6 Å². The molecule has 0 heterocycles. The van der Waals surface area contributed by atoms with Crippen LogP contribution in [0, 0.1) is 11.8 Å². The molecule has 0 radical (unpaired) electrons. The molecule has 0 saturated heterocycles. The molecule has 0 aromatic rings. The fourth-order valence-electron chi connectivity index (χ4n) is 2.68. The Bertz CT molecular complexity index is 178. The van der Waals surface area contributed by atoms with Crippen molar-refractivity contribution in [3.05, 3.63) is 0 Å². The zero-order valence-electron chi connectivity index (χ0n) is 6.97. The number of hydrogen-bond acceptors (Lipinski definition) is 1. The van der Waals surface area contributed by atoms with Crippen LogP contribution in [0.2, 0.25) is 0 Å². The molecule has 1 N–H and O–H groups in total. The first kappa shape index (κ1) is 7.14. The van der Waals surface area contributed by atoms with Crippen LogP contribution in [0.25, 0.3) is 0 Å². The van der Waals surface area contributed by atoms with Crippen molar-refractivity contribution in [2.24, 2.45) is 11.8 Å². The summed E-state index contributed by atoms with van der Waals surface area (Å²) < 4.78 is 0. The fourth-order valence-corrected chi connectivity index (χ4v) is 2.68. The van der Waals surface area contributed by atoms with Crippen LogP contribution >= 0.6 is 0 Å². The standard InChI is InChI=1S/C9H15NO/c1-6(11)10-9-5-7-2-3-8(9)4-7/h7-9H,2-5H2,1H3,(H,10,11)/t7-,8?,9?/m1/s1. The van der Waals surface area contributed by atoms with Gasteiger partial charge in [-0.1, -0.05) is 6.42 Å². The van der Waals surface area contributed by atoms with E-state index in [-0.39, 0.29) is 5.91 Å². The van der Waals surface area contributed by atoms with E-state index in [1.807, 2.05) is 0 Å². The maximum Gasteiger partial charge on any atom is 0.217 e. The number of carbonyl (C=O) groups is 1. The average Bonchev–Trinajstić information content (AvgIpc) is 2.45. The van der Waals surface area contributed by atoms with Gasteiger partial charge in [-0.05, 0) is 31.1 Å². The highest BCUT2D eigenvalue weighted by atomic mass is 16.1. The maximum atomic E-state index is 10.8. The predicted molar refractivity (Wildman–Crippen MR) is 43.1 cm³/mol. The first-order valence-electron chi connectivity index (χ1n) is 4.53. The van der Waals surface area contributed by atoms with Gasteiger partial charge in [-0.25, -0.2) is 0 Å². The van der Waals surface area contributed by atoms with Gasteiger partial charge in [0.05, 0.1) is 0 Å². The highest BCUT2D eigenvalue weighted by Crippen LogP contribution is 2.44. The van der Waals surface area contributed by atoms with Crippen LogP contribution in [-0.2, 0) is 4.79 Å². The van der Waals surface area contributed by atoms with Crippen molar-refractivity contribution in [3.63, 3.8) is 0 Å². The molecule has 2 fully saturated rings. The predicted octanol–water partition coefficient (Wildman–Crippen LogP) is 1.31. The largest absolute Gasteiger partial charge is 0.353 e. The Kier molecular flexibility index (Phi) is 1.63. The Balaban J connectivity index is 1.92. The SMILES string of the molecule is CC(=O)NC1C[C@@H]2CCC1C2. The van der Waals surface area contributed by atoms with E-state index in [1.165, 1.54) is 25.7 Å². The second-order valence-electron chi connectivity index (χ2n) is 3.98. The summed E-state index contributed by atoms with van der Waals surface area (Å²) in [5.74, 6) is 1.88. The van der Waals surface area contributed by atoms with Crippen molar-refractivity contribution < 1.29 is 4.79 Å². The van der Waals surface area contributed by atoms with E-state index in [9.17, 15) is 4.79 Å². The van der Waals surface area contributed by atoms with Gasteiger partial charge >= 0.3 is 0 Å². The van der Waals surface area contributed by atoms with Gasteiger partial charge in [0.25, 0.3) is 0 Å². The zero-order valence-corrected chi connectivity index (χ0v) is 6.97. The molecule has 62 valence electrons. The summed E-state index contributed by atoms with van der Waals surface area (Å²) in [4.78, 5) is 10.8. The molecule has 2 aliphatic carbocycles. The maximum absolute atomic E-state index is 10.8. The first-order valence-corrected chi connectivity index (χ1v) is 4.53. The molecular formula is C9H15NO. The van der Waals surface area contributed by atoms with Crippen LogP contribution < -0.4 is 5.32 Å². The quantitative estimate of drug-likeness (QED) is 0.604. The fraction of sp³-hybridized carbons (Fsp3) is 0.889. The van der Waals surface area contributed by atoms with E-state index in [0.717, 1.165) is 11.8 Å². The van der Waals surface area contributed by atoms with E-state index in [1.54, 1.807) is 6.92 Å². The van der Waals surface area contributed by atoms with Gasteiger partial charge in [0.1, 0.15) is 0 Å². The van der Waals surface area contributed by atoms with Gasteiger partial charge in [0.15, 0.2) is 0 Å². The van der Waals surface area contributed by atoms with E-state index in [2.05, 4.69) is 5.32 Å². The highest BCUT2D eigenvalue weighted by molar-refractivity contribution is 5.73. The summed E-state index contributed by atoms with van der Waals surface area (Å²) >= 11 is 0. The lowest BCUT2D eigenvalue weighted by Gasteiger charge is -2.21. The Morgan fingerprint density at radius 2 is 2.18 bits per heavy atom. The summed E-state index contributed by atoms with van der Waals surface area (Å²) in [5.41, 5.74) is 0. The molecule has 3 atom stereocenters. The van der Waals surface area contributed by atoms with Gasteiger partial charge in [0, 0.05) is 13.0 Å². The lowest BCUT2D eigenvalue weighted by Crippen LogP contribution is -2.36. The van der Waals surface area contributed by atoms with Crippen molar-refractivity contribution in [3.8, 4) is 0 Å². The van der Waals surface area contributed by atoms with Crippen molar-refractivity contribution >= 4 is 5.91 Å². The Labute approximate surface area is 67.4 Å². The molecule has 2 nitrogen and oxygen atoms in total. The normalized spacial score (nSPS) is 41.0. The number of rotatable bonds is 1. The number of carbonyl (C=O) groups excluding carboxylic acids is 1. The first-order chi connectivity index (χ1) is 5.25. The molecule has 2 heteroatoms. The van der Waals surface area contributed by atoms with E-state index in [4.69, 9.17) is 0 Å². The monoisotopic (exact) mass is 153 g/mol. The molecule has 0 aromatic heterocycles. The topological polar surface area (TPSA) is 29.1 Å². The smallest absolute Gasteiger partial charge is 0.217 e. The van der Waals surface area contributed by atoms with Gasteiger partial charge in [-0.2, -0.15) is 0 Å². The number of hydrogen-bond donors (Lipinski definition) is 1. The molecule has 1 amide bonds. The summed E-state index contributed by atoms with van der Waals surface area (Å²) in [7, 11) is 0. The van der Waals surface area contributed by atoms with Crippen LogP contribution in [0.5, 0.6) is 0 Å². The Morgan fingerprint density at radius 3 is 2.64 bits per heavy atom. The minimum Gasteiger partial charge on any atom is -0.353 e. The molecule has 0 aliphatic heterocycles.